The molecule has 0 radical (unpaired) electrons. The van der Waals surface area contributed by atoms with Gasteiger partial charge in [-0.05, 0) is 19.3 Å². The summed E-state index contributed by atoms with van der Waals surface area (Å²) in [6, 6.07) is -3.93. The minimum atomic E-state index is -1.50. The van der Waals surface area contributed by atoms with Gasteiger partial charge in [-0.1, -0.05) is 0 Å². The standard InChI is InChI=1S/C23H47N5O11/c24-12-2-1-11(6-27-3-4-29)36-22(12)38-20-13(25)5-14(28-10(7-30)8-31)21(19(20)35)39-23-18(34)16(26)17(33)15(9-32)37-23/h10-23,27-35H,1-9,24-26H2/t11-,12+,13-,14+,15+,16-,17+,18+,19-,20?,21-,22+,23+/m0/s1. The van der Waals surface area contributed by atoms with Gasteiger partial charge in [0.05, 0.1) is 50.7 Å². The molecule has 15 N–H and O–H groups in total. The minimum Gasteiger partial charge on any atom is -0.395 e. The fourth-order valence-corrected chi connectivity index (χ4v) is 5.26. The number of hydrogen-bond donors (Lipinski definition) is 12. The molecule has 230 valence electrons. The Balaban J connectivity index is 1.77. The first-order valence-corrected chi connectivity index (χ1v) is 13.5. The maximum atomic E-state index is 11.4. The maximum Gasteiger partial charge on any atom is 0.186 e. The van der Waals surface area contributed by atoms with E-state index in [1.807, 2.05) is 0 Å². The Morgan fingerprint density at radius 3 is 2.15 bits per heavy atom. The zero-order valence-corrected chi connectivity index (χ0v) is 21.9. The van der Waals surface area contributed by atoms with Gasteiger partial charge in [-0.2, -0.15) is 0 Å². The number of hydrogen-bond acceptors (Lipinski definition) is 16. The molecule has 0 spiro atoms. The monoisotopic (exact) mass is 569 g/mol. The molecule has 0 amide bonds. The summed E-state index contributed by atoms with van der Waals surface area (Å²) in [5.41, 5.74) is 18.6. The molecule has 0 aromatic carbocycles. The third-order valence-corrected chi connectivity index (χ3v) is 7.59. The van der Waals surface area contributed by atoms with Crippen LogP contribution in [0.3, 0.4) is 0 Å². The van der Waals surface area contributed by atoms with E-state index in [2.05, 4.69) is 10.6 Å². The molecule has 39 heavy (non-hydrogen) atoms. The molecule has 1 saturated carbocycles. The quantitative estimate of drug-likeness (QED) is 0.0918. The van der Waals surface area contributed by atoms with Gasteiger partial charge in [-0.3, -0.25) is 0 Å². The van der Waals surface area contributed by atoms with Crippen molar-refractivity contribution in [2.45, 2.75) is 105 Å². The van der Waals surface area contributed by atoms with E-state index >= 15 is 0 Å². The molecule has 2 aliphatic heterocycles. The van der Waals surface area contributed by atoms with Crippen LogP contribution in [0.2, 0.25) is 0 Å². The lowest BCUT2D eigenvalue weighted by Gasteiger charge is -2.49. The highest BCUT2D eigenvalue weighted by Gasteiger charge is 2.50. The predicted octanol–water partition coefficient (Wildman–Crippen LogP) is -6.66. The van der Waals surface area contributed by atoms with Crippen molar-refractivity contribution in [3.8, 4) is 0 Å². The van der Waals surface area contributed by atoms with Crippen LogP contribution < -0.4 is 27.8 Å². The summed E-state index contributed by atoms with van der Waals surface area (Å²) < 4.78 is 23.7. The van der Waals surface area contributed by atoms with Crippen LogP contribution in [0.4, 0.5) is 0 Å². The first-order valence-electron chi connectivity index (χ1n) is 13.5. The van der Waals surface area contributed by atoms with Crippen LogP contribution in [0.15, 0.2) is 0 Å². The molecule has 3 fully saturated rings. The molecule has 16 nitrogen and oxygen atoms in total. The highest BCUT2D eigenvalue weighted by atomic mass is 16.7. The highest BCUT2D eigenvalue weighted by molar-refractivity contribution is 5.02. The van der Waals surface area contributed by atoms with Crippen molar-refractivity contribution in [3.63, 3.8) is 0 Å². The number of rotatable bonds is 13. The maximum absolute atomic E-state index is 11.4. The minimum absolute atomic E-state index is 0.0123. The SMILES string of the molecule is N[C@@H]1[C@@H](O)[C@@H](O[C@H]2[C@H](NC(CO)CO)C[C@H](N)C(O[C@H]3O[C@H](CNCCO)CC[C@H]3N)[C@@H]2O)O[C@H](CO)[C@H]1O. The van der Waals surface area contributed by atoms with Gasteiger partial charge in [-0.15, -0.1) is 0 Å². The van der Waals surface area contributed by atoms with Crippen molar-refractivity contribution in [3.05, 3.63) is 0 Å². The predicted molar refractivity (Wildman–Crippen MR) is 135 cm³/mol. The molecule has 16 heteroatoms. The molecule has 0 bridgehead atoms. The fraction of sp³-hybridized carbons (Fsp3) is 1.00. The molecule has 1 aliphatic carbocycles. The Labute approximate surface area is 227 Å². The summed E-state index contributed by atoms with van der Waals surface area (Å²) in [7, 11) is 0. The van der Waals surface area contributed by atoms with Gasteiger partial charge in [0.2, 0.25) is 0 Å². The molecule has 0 aromatic rings. The van der Waals surface area contributed by atoms with Crippen LogP contribution in [0, 0.1) is 0 Å². The Morgan fingerprint density at radius 2 is 1.51 bits per heavy atom. The second-order valence-electron chi connectivity index (χ2n) is 10.5. The van der Waals surface area contributed by atoms with Gasteiger partial charge < -0.3 is 82.5 Å². The van der Waals surface area contributed by atoms with Crippen LogP contribution in [0.25, 0.3) is 0 Å². The first kappa shape index (κ1) is 32.9. The van der Waals surface area contributed by atoms with E-state index in [1.165, 1.54) is 0 Å². The molecular formula is C23H47N5O11. The largest absolute Gasteiger partial charge is 0.395 e. The molecule has 2 saturated heterocycles. The molecule has 13 atom stereocenters. The Hall–Kier alpha value is -0.640. The van der Waals surface area contributed by atoms with Crippen molar-refractivity contribution < 1.29 is 54.7 Å². The summed E-state index contributed by atoms with van der Waals surface area (Å²) in [5, 5.41) is 76.1. The van der Waals surface area contributed by atoms with E-state index in [0.717, 1.165) is 0 Å². The van der Waals surface area contributed by atoms with Crippen LogP contribution in [0.5, 0.6) is 0 Å². The Morgan fingerprint density at radius 1 is 0.821 bits per heavy atom. The number of nitrogens with two attached hydrogens (primary N) is 3. The Kier molecular flexibility index (Phi) is 13.1. The number of nitrogens with one attached hydrogen (secondary N) is 2. The van der Waals surface area contributed by atoms with E-state index in [9.17, 15) is 30.6 Å². The summed E-state index contributed by atoms with van der Waals surface area (Å²) in [4.78, 5) is 0. The number of aliphatic hydroxyl groups excluding tert-OH is 7. The number of aliphatic hydroxyl groups is 7. The molecule has 3 aliphatic rings. The van der Waals surface area contributed by atoms with Gasteiger partial charge in [0.25, 0.3) is 0 Å². The van der Waals surface area contributed by atoms with Gasteiger partial charge in [-0.25, -0.2) is 0 Å². The van der Waals surface area contributed by atoms with E-state index in [1.54, 1.807) is 0 Å². The summed E-state index contributed by atoms with van der Waals surface area (Å²) in [6.07, 6.45) is -8.71. The molecule has 3 rings (SSSR count). The Bertz CT molecular complexity index is 711. The lowest BCUT2D eigenvalue weighted by molar-refractivity contribution is -0.314. The topological polar surface area (TPSA) is 281 Å². The van der Waals surface area contributed by atoms with Crippen molar-refractivity contribution >= 4 is 0 Å². The lowest BCUT2D eigenvalue weighted by atomic mass is 9.83. The molecular weight excluding hydrogens is 522 g/mol. The van der Waals surface area contributed by atoms with Gasteiger partial charge in [0.1, 0.15) is 36.6 Å². The van der Waals surface area contributed by atoms with Crippen LogP contribution in [-0.4, -0.2) is 161 Å². The van der Waals surface area contributed by atoms with E-state index in [0.29, 0.717) is 25.9 Å². The van der Waals surface area contributed by atoms with Crippen LogP contribution >= 0.6 is 0 Å². The summed E-state index contributed by atoms with van der Waals surface area (Å²) in [5.74, 6) is 0. The number of ether oxygens (including phenoxy) is 4. The fourth-order valence-electron chi connectivity index (χ4n) is 5.26. The van der Waals surface area contributed by atoms with Crippen LogP contribution in [0.1, 0.15) is 19.3 Å². The smallest absolute Gasteiger partial charge is 0.186 e. The molecule has 1 unspecified atom stereocenters. The zero-order chi connectivity index (χ0) is 28.7. The van der Waals surface area contributed by atoms with Gasteiger partial charge in [0.15, 0.2) is 12.6 Å². The second kappa shape index (κ2) is 15.5. The molecule has 0 aromatic heterocycles. The zero-order valence-electron chi connectivity index (χ0n) is 21.9. The second-order valence-corrected chi connectivity index (χ2v) is 10.5. The van der Waals surface area contributed by atoms with Crippen molar-refractivity contribution in [2.24, 2.45) is 17.2 Å². The molecule has 2 heterocycles. The van der Waals surface area contributed by atoms with Crippen molar-refractivity contribution in [1.29, 1.82) is 0 Å². The van der Waals surface area contributed by atoms with Crippen LogP contribution in [-0.2, 0) is 18.9 Å². The van der Waals surface area contributed by atoms with E-state index in [4.69, 9.17) is 41.3 Å². The average Bonchev–Trinajstić information content (AvgIpc) is 2.93. The van der Waals surface area contributed by atoms with Crippen molar-refractivity contribution in [2.75, 3.05) is 39.5 Å². The first-order chi connectivity index (χ1) is 18.6. The summed E-state index contributed by atoms with van der Waals surface area (Å²) >= 11 is 0. The lowest BCUT2D eigenvalue weighted by Crippen LogP contribution is -2.69. The normalized spacial score (nSPS) is 43.6. The summed E-state index contributed by atoms with van der Waals surface area (Å²) in [6.45, 7) is -0.534. The average molecular weight is 570 g/mol. The van der Waals surface area contributed by atoms with Gasteiger partial charge >= 0.3 is 0 Å². The third-order valence-electron chi connectivity index (χ3n) is 7.59. The highest BCUT2D eigenvalue weighted by Crippen LogP contribution is 2.31. The van der Waals surface area contributed by atoms with E-state index in [-0.39, 0.29) is 19.1 Å². The van der Waals surface area contributed by atoms with Crippen molar-refractivity contribution in [1.82, 2.24) is 10.6 Å². The van der Waals surface area contributed by atoms with Gasteiger partial charge in [0, 0.05) is 25.2 Å². The van der Waals surface area contributed by atoms with E-state index < -0.39 is 99.2 Å². The third kappa shape index (κ3) is 8.23.